The second-order valence-electron chi connectivity index (χ2n) is 5.67. The molecule has 0 spiro atoms. The van der Waals surface area contributed by atoms with Gasteiger partial charge in [0.15, 0.2) is 11.5 Å². The highest BCUT2D eigenvalue weighted by molar-refractivity contribution is 5.94. The molecular formula is C14H19N3O4. The van der Waals surface area contributed by atoms with E-state index in [0.29, 0.717) is 17.2 Å². The minimum absolute atomic E-state index is 0.115. The molecule has 114 valence electrons. The smallest absolute Gasteiger partial charge is 0.315 e. The maximum Gasteiger partial charge on any atom is 0.315 e. The van der Waals surface area contributed by atoms with Gasteiger partial charge in [-0.1, -0.05) is 0 Å². The first-order valence-electron chi connectivity index (χ1n) is 6.59. The largest absolute Gasteiger partial charge is 0.454 e. The van der Waals surface area contributed by atoms with E-state index in [0.717, 1.165) is 0 Å². The number of carbonyl (C=O) groups is 2. The van der Waals surface area contributed by atoms with Crippen LogP contribution < -0.4 is 25.4 Å². The summed E-state index contributed by atoms with van der Waals surface area (Å²) < 4.78 is 10.4. The molecule has 0 aromatic heterocycles. The topological polar surface area (TPSA) is 88.7 Å². The number of benzene rings is 1. The molecule has 7 nitrogen and oxygen atoms in total. The van der Waals surface area contributed by atoms with E-state index in [1.54, 1.807) is 18.2 Å². The number of carbonyl (C=O) groups excluding carboxylic acids is 2. The van der Waals surface area contributed by atoms with Crippen LogP contribution in [0.25, 0.3) is 0 Å². The molecule has 0 saturated carbocycles. The molecule has 3 N–H and O–H groups in total. The number of fused-ring (bicyclic) bond motifs is 1. The Hall–Kier alpha value is -2.44. The molecule has 1 heterocycles. The average Bonchev–Trinajstić information content (AvgIpc) is 2.81. The molecular weight excluding hydrogens is 274 g/mol. The first-order chi connectivity index (χ1) is 9.83. The lowest BCUT2D eigenvalue weighted by molar-refractivity contribution is -0.115. The molecule has 3 amide bonds. The van der Waals surface area contributed by atoms with Crippen molar-refractivity contribution in [3.8, 4) is 11.5 Å². The second-order valence-corrected chi connectivity index (χ2v) is 5.67. The Balaban J connectivity index is 1.81. The summed E-state index contributed by atoms with van der Waals surface area (Å²) in [5.41, 5.74) is 0.236. The Morgan fingerprint density at radius 1 is 1.19 bits per heavy atom. The first kappa shape index (κ1) is 15.0. The van der Waals surface area contributed by atoms with Crippen LogP contribution in [0.15, 0.2) is 18.2 Å². The number of urea groups is 1. The third kappa shape index (κ3) is 4.55. The van der Waals surface area contributed by atoms with Crippen LogP contribution in [0, 0.1) is 0 Å². The second kappa shape index (κ2) is 5.90. The number of hydrogen-bond acceptors (Lipinski definition) is 4. The van der Waals surface area contributed by atoms with Crippen LogP contribution in [0.2, 0.25) is 0 Å². The van der Waals surface area contributed by atoms with Gasteiger partial charge in [0.25, 0.3) is 0 Å². The van der Waals surface area contributed by atoms with Crippen molar-refractivity contribution < 1.29 is 19.1 Å². The lowest BCUT2D eigenvalue weighted by atomic mass is 10.1. The molecule has 7 heteroatoms. The first-order valence-corrected chi connectivity index (χ1v) is 6.59. The van der Waals surface area contributed by atoms with Crippen LogP contribution >= 0.6 is 0 Å². The summed E-state index contributed by atoms with van der Waals surface area (Å²) in [5, 5.41) is 7.87. The van der Waals surface area contributed by atoms with Gasteiger partial charge >= 0.3 is 6.03 Å². The summed E-state index contributed by atoms with van der Waals surface area (Å²) in [4.78, 5) is 23.3. The van der Waals surface area contributed by atoms with Crippen LogP contribution in [0.4, 0.5) is 10.5 Å². The fraction of sp³-hybridized carbons (Fsp3) is 0.429. The molecule has 1 aliphatic rings. The van der Waals surface area contributed by atoms with Crippen molar-refractivity contribution in [1.29, 1.82) is 0 Å². The molecule has 0 aliphatic carbocycles. The van der Waals surface area contributed by atoms with Crippen molar-refractivity contribution in [3.05, 3.63) is 18.2 Å². The van der Waals surface area contributed by atoms with Gasteiger partial charge in [0, 0.05) is 17.3 Å². The molecule has 1 aromatic rings. The number of ether oxygens (including phenoxy) is 2. The Kier molecular flexibility index (Phi) is 4.21. The third-order valence-electron chi connectivity index (χ3n) is 2.55. The molecule has 21 heavy (non-hydrogen) atoms. The SMILES string of the molecule is CC(C)(C)NC(=O)NCC(=O)Nc1ccc2c(c1)OCO2. The summed E-state index contributed by atoms with van der Waals surface area (Å²) in [5.74, 6) is 0.917. The Bertz CT molecular complexity index is 552. The zero-order valence-electron chi connectivity index (χ0n) is 12.3. The van der Waals surface area contributed by atoms with E-state index in [9.17, 15) is 9.59 Å². The van der Waals surface area contributed by atoms with Crippen molar-refractivity contribution in [1.82, 2.24) is 10.6 Å². The van der Waals surface area contributed by atoms with Crippen molar-refractivity contribution in [2.75, 3.05) is 18.7 Å². The van der Waals surface area contributed by atoms with Crippen LogP contribution in [-0.4, -0.2) is 30.8 Å². The van der Waals surface area contributed by atoms with E-state index in [2.05, 4.69) is 16.0 Å². The minimum Gasteiger partial charge on any atom is -0.454 e. The number of rotatable bonds is 3. The minimum atomic E-state index is -0.386. The zero-order chi connectivity index (χ0) is 15.5. The van der Waals surface area contributed by atoms with Crippen molar-refractivity contribution in [2.45, 2.75) is 26.3 Å². The van der Waals surface area contributed by atoms with Gasteiger partial charge in [0.2, 0.25) is 12.7 Å². The lowest BCUT2D eigenvalue weighted by Crippen LogP contribution is -2.48. The van der Waals surface area contributed by atoms with Crippen molar-refractivity contribution >= 4 is 17.6 Å². The van der Waals surface area contributed by atoms with Crippen LogP contribution in [0.1, 0.15) is 20.8 Å². The lowest BCUT2D eigenvalue weighted by Gasteiger charge is -2.20. The predicted octanol–water partition coefficient (Wildman–Crippen LogP) is 1.45. The van der Waals surface area contributed by atoms with Gasteiger partial charge < -0.3 is 25.4 Å². The molecule has 0 bridgehead atoms. The fourth-order valence-corrected chi connectivity index (χ4v) is 1.72. The van der Waals surface area contributed by atoms with E-state index in [1.807, 2.05) is 20.8 Å². The zero-order valence-corrected chi connectivity index (χ0v) is 12.3. The van der Waals surface area contributed by atoms with Gasteiger partial charge in [-0.15, -0.1) is 0 Å². The van der Waals surface area contributed by atoms with Crippen LogP contribution in [0.3, 0.4) is 0 Å². The number of hydrogen-bond donors (Lipinski definition) is 3. The van der Waals surface area contributed by atoms with Gasteiger partial charge in [-0.3, -0.25) is 4.79 Å². The maximum absolute atomic E-state index is 11.8. The molecule has 0 unspecified atom stereocenters. The summed E-state index contributed by atoms with van der Waals surface area (Å²) in [6.07, 6.45) is 0. The molecule has 0 atom stereocenters. The highest BCUT2D eigenvalue weighted by Gasteiger charge is 2.16. The summed E-state index contributed by atoms with van der Waals surface area (Å²) in [7, 11) is 0. The molecule has 0 fully saturated rings. The predicted molar refractivity (Wildman–Crippen MR) is 77.5 cm³/mol. The van der Waals surface area contributed by atoms with Gasteiger partial charge in [-0.25, -0.2) is 4.79 Å². The van der Waals surface area contributed by atoms with Crippen LogP contribution in [0.5, 0.6) is 11.5 Å². The molecule has 1 aromatic carbocycles. The van der Waals surface area contributed by atoms with E-state index in [1.165, 1.54) is 0 Å². The van der Waals surface area contributed by atoms with Crippen molar-refractivity contribution in [2.24, 2.45) is 0 Å². The highest BCUT2D eigenvalue weighted by atomic mass is 16.7. The van der Waals surface area contributed by atoms with E-state index in [4.69, 9.17) is 9.47 Å². The normalized spacial score (nSPS) is 12.7. The summed E-state index contributed by atoms with van der Waals surface area (Å²) in [6.45, 7) is 5.65. The van der Waals surface area contributed by atoms with Gasteiger partial charge in [0.05, 0.1) is 6.54 Å². The van der Waals surface area contributed by atoms with Crippen molar-refractivity contribution in [3.63, 3.8) is 0 Å². The Labute approximate surface area is 123 Å². The number of anilines is 1. The Morgan fingerprint density at radius 3 is 2.62 bits per heavy atom. The Morgan fingerprint density at radius 2 is 1.90 bits per heavy atom. The molecule has 2 rings (SSSR count). The number of nitrogens with one attached hydrogen (secondary N) is 3. The fourth-order valence-electron chi connectivity index (χ4n) is 1.72. The van der Waals surface area contributed by atoms with E-state index in [-0.39, 0.29) is 30.8 Å². The number of amides is 3. The standard InChI is InChI=1S/C14H19N3O4/c1-14(2,3)17-13(19)15-7-12(18)16-9-4-5-10-11(6-9)21-8-20-10/h4-6H,7-8H2,1-3H3,(H,16,18)(H2,15,17,19). The summed E-state index contributed by atoms with van der Waals surface area (Å²) >= 11 is 0. The quantitative estimate of drug-likeness (QED) is 0.787. The maximum atomic E-state index is 11.8. The molecule has 0 saturated heterocycles. The van der Waals surface area contributed by atoms with Gasteiger partial charge in [-0.05, 0) is 32.9 Å². The van der Waals surface area contributed by atoms with Crippen LogP contribution in [-0.2, 0) is 4.79 Å². The summed E-state index contributed by atoms with van der Waals surface area (Å²) in [6, 6.07) is 4.72. The molecule has 1 aliphatic heterocycles. The van der Waals surface area contributed by atoms with Gasteiger partial charge in [0.1, 0.15) is 0 Å². The third-order valence-corrected chi connectivity index (χ3v) is 2.55. The monoisotopic (exact) mass is 293 g/mol. The molecule has 0 radical (unpaired) electrons. The average molecular weight is 293 g/mol. The van der Waals surface area contributed by atoms with Gasteiger partial charge in [-0.2, -0.15) is 0 Å². The highest BCUT2D eigenvalue weighted by Crippen LogP contribution is 2.34. The van der Waals surface area contributed by atoms with E-state index < -0.39 is 0 Å². The van der Waals surface area contributed by atoms with E-state index >= 15 is 0 Å².